The van der Waals surface area contributed by atoms with Crippen molar-refractivity contribution in [1.82, 2.24) is 15.1 Å². The fourth-order valence-electron chi connectivity index (χ4n) is 1.88. The third-order valence-corrected chi connectivity index (χ3v) is 3.05. The van der Waals surface area contributed by atoms with Crippen molar-refractivity contribution in [2.45, 2.75) is 32.5 Å². The average molecular weight is 259 g/mol. The van der Waals surface area contributed by atoms with Gasteiger partial charge in [-0.15, -0.1) is 0 Å². The summed E-state index contributed by atoms with van der Waals surface area (Å²) in [6, 6.07) is 10.3. The number of hydrogen-bond donors (Lipinski definition) is 2. The number of benzene rings is 1. The van der Waals surface area contributed by atoms with Crippen LogP contribution in [0.15, 0.2) is 42.7 Å². The van der Waals surface area contributed by atoms with Gasteiger partial charge in [0.2, 0.25) is 0 Å². The molecule has 0 amide bonds. The number of nitrogens with one attached hydrogen (secondary N) is 1. The van der Waals surface area contributed by atoms with Gasteiger partial charge in [-0.2, -0.15) is 5.10 Å². The van der Waals surface area contributed by atoms with Gasteiger partial charge in [0.25, 0.3) is 0 Å². The molecule has 0 saturated carbocycles. The van der Waals surface area contributed by atoms with Crippen LogP contribution in [-0.4, -0.2) is 27.5 Å². The van der Waals surface area contributed by atoms with E-state index in [1.807, 2.05) is 42.2 Å². The molecule has 0 bridgehead atoms. The minimum Gasteiger partial charge on any atom is -0.392 e. The summed E-state index contributed by atoms with van der Waals surface area (Å²) in [4.78, 5) is 0. The molecule has 0 radical (unpaired) electrons. The van der Waals surface area contributed by atoms with E-state index in [0.717, 1.165) is 25.1 Å². The summed E-state index contributed by atoms with van der Waals surface area (Å²) < 4.78 is 1.93. The van der Waals surface area contributed by atoms with Crippen LogP contribution in [0.5, 0.6) is 0 Å². The average Bonchev–Trinajstić information content (AvgIpc) is 2.87. The van der Waals surface area contributed by atoms with Crippen molar-refractivity contribution in [2.24, 2.45) is 0 Å². The first-order valence-electron chi connectivity index (χ1n) is 6.72. The zero-order valence-electron chi connectivity index (χ0n) is 11.3. The van der Waals surface area contributed by atoms with Crippen molar-refractivity contribution in [3.63, 3.8) is 0 Å². The molecule has 2 N–H and O–H groups in total. The molecule has 0 aliphatic heterocycles. The van der Waals surface area contributed by atoms with E-state index >= 15 is 0 Å². The number of aromatic nitrogens is 2. The Balaban J connectivity index is 1.82. The first kappa shape index (κ1) is 13.8. The number of rotatable bonds is 7. The highest BCUT2D eigenvalue weighted by Crippen LogP contribution is 2.04. The minimum atomic E-state index is -0.264. The molecule has 0 saturated heterocycles. The van der Waals surface area contributed by atoms with Gasteiger partial charge in [-0.25, -0.2) is 0 Å². The maximum Gasteiger partial charge on any atom is 0.0662 e. The molecule has 0 fully saturated rings. The van der Waals surface area contributed by atoms with Crippen molar-refractivity contribution in [3.05, 3.63) is 53.9 Å². The van der Waals surface area contributed by atoms with E-state index in [2.05, 4.69) is 22.5 Å². The van der Waals surface area contributed by atoms with Crippen LogP contribution in [0.1, 0.15) is 24.5 Å². The summed E-state index contributed by atoms with van der Waals surface area (Å²) in [5, 5.41) is 17.0. The van der Waals surface area contributed by atoms with Crippen LogP contribution in [0.4, 0.5) is 0 Å². The Hall–Kier alpha value is -1.65. The lowest BCUT2D eigenvalue weighted by Crippen LogP contribution is -2.25. The van der Waals surface area contributed by atoms with Crippen molar-refractivity contribution in [1.29, 1.82) is 0 Å². The summed E-state index contributed by atoms with van der Waals surface area (Å²) in [5.41, 5.74) is 2.38. The molecule has 0 spiro atoms. The maximum atomic E-state index is 9.45. The summed E-state index contributed by atoms with van der Waals surface area (Å²) >= 11 is 0. The molecule has 1 heterocycles. The largest absolute Gasteiger partial charge is 0.392 e. The second-order valence-electron chi connectivity index (χ2n) is 4.72. The highest BCUT2D eigenvalue weighted by Gasteiger charge is 2.02. The van der Waals surface area contributed by atoms with Gasteiger partial charge in [0.1, 0.15) is 0 Å². The lowest BCUT2D eigenvalue weighted by molar-refractivity contribution is 0.167. The van der Waals surface area contributed by atoms with Gasteiger partial charge in [-0.1, -0.05) is 37.3 Å². The van der Waals surface area contributed by atoms with E-state index in [-0.39, 0.29) is 6.10 Å². The van der Waals surface area contributed by atoms with Crippen LogP contribution >= 0.6 is 0 Å². The lowest BCUT2D eigenvalue weighted by Gasteiger charge is -2.07. The predicted molar refractivity (Wildman–Crippen MR) is 75.8 cm³/mol. The Labute approximate surface area is 114 Å². The molecule has 1 aromatic carbocycles. The molecule has 4 nitrogen and oxygen atoms in total. The number of hydrogen-bond acceptors (Lipinski definition) is 3. The molecule has 1 atom stereocenters. The van der Waals surface area contributed by atoms with E-state index in [9.17, 15) is 5.11 Å². The van der Waals surface area contributed by atoms with Crippen LogP contribution in [0.3, 0.4) is 0 Å². The van der Waals surface area contributed by atoms with Crippen LogP contribution in [-0.2, 0) is 13.1 Å². The Morgan fingerprint density at radius 2 is 2.05 bits per heavy atom. The molecule has 102 valence electrons. The Bertz CT molecular complexity index is 481. The summed E-state index contributed by atoms with van der Waals surface area (Å²) in [6.45, 7) is 4.13. The van der Waals surface area contributed by atoms with Crippen molar-refractivity contribution in [2.75, 3.05) is 6.54 Å². The molecule has 4 heteroatoms. The van der Waals surface area contributed by atoms with Crippen molar-refractivity contribution >= 4 is 0 Å². The zero-order valence-corrected chi connectivity index (χ0v) is 11.3. The van der Waals surface area contributed by atoms with Gasteiger partial charge in [0.05, 0.1) is 18.8 Å². The summed E-state index contributed by atoms with van der Waals surface area (Å²) in [5.74, 6) is 0. The Morgan fingerprint density at radius 1 is 1.26 bits per heavy atom. The molecule has 0 aliphatic rings. The van der Waals surface area contributed by atoms with E-state index < -0.39 is 0 Å². The van der Waals surface area contributed by atoms with Crippen molar-refractivity contribution < 1.29 is 5.11 Å². The third kappa shape index (κ3) is 4.50. The van der Waals surface area contributed by atoms with Crippen LogP contribution in [0.25, 0.3) is 0 Å². The van der Waals surface area contributed by atoms with Gasteiger partial charge >= 0.3 is 0 Å². The SMILES string of the molecule is CCC(O)CNCc1cnn(Cc2ccccc2)c1. The highest BCUT2D eigenvalue weighted by atomic mass is 16.3. The molecule has 2 aromatic rings. The van der Waals surface area contributed by atoms with Crippen LogP contribution < -0.4 is 5.32 Å². The normalized spacial score (nSPS) is 12.5. The van der Waals surface area contributed by atoms with Crippen LogP contribution in [0.2, 0.25) is 0 Å². The Kier molecular flexibility index (Phi) is 5.12. The van der Waals surface area contributed by atoms with Gasteiger partial charge in [0, 0.05) is 24.8 Å². The van der Waals surface area contributed by atoms with E-state index in [1.54, 1.807) is 0 Å². The number of aliphatic hydroxyl groups excluding tert-OH is 1. The molecule has 19 heavy (non-hydrogen) atoms. The van der Waals surface area contributed by atoms with E-state index in [0.29, 0.717) is 6.54 Å². The molecular formula is C15H21N3O. The maximum absolute atomic E-state index is 9.45. The van der Waals surface area contributed by atoms with E-state index in [1.165, 1.54) is 5.56 Å². The van der Waals surface area contributed by atoms with Crippen LogP contribution in [0, 0.1) is 0 Å². The second kappa shape index (κ2) is 7.07. The summed E-state index contributed by atoms with van der Waals surface area (Å²) in [7, 11) is 0. The van der Waals surface area contributed by atoms with Crippen molar-refractivity contribution in [3.8, 4) is 0 Å². The second-order valence-corrected chi connectivity index (χ2v) is 4.72. The Morgan fingerprint density at radius 3 is 2.79 bits per heavy atom. The fourth-order valence-corrected chi connectivity index (χ4v) is 1.88. The summed E-state index contributed by atoms with van der Waals surface area (Å²) in [6.07, 6.45) is 4.42. The first-order valence-corrected chi connectivity index (χ1v) is 6.72. The molecule has 2 rings (SSSR count). The molecule has 1 unspecified atom stereocenters. The number of aliphatic hydroxyl groups is 1. The molecule has 0 aliphatic carbocycles. The lowest BCUT2D eigenvalue weighted by atomic mass is 10.2. The van der Waals surface area contributed by atoms with Gasteiger partial charge in [0.15, 0.2) is 0 Å². The topological polar surface area (TPSA) is 50.1 Å². The third-order valence-electron chi connectivity index (χ3n) is 3.05. The smallest absolute Gasteiger partial charge is 0.0662 e. The first-order chi connectivity index (χ1) is 9.28. The van der Waals surface area contributed by atoms with Gasteiger partial charge in [-0.3, -0.25) is 4.68 Å². The molecular weight excluding hydrogens is 238 g/mol. The monoisotopic (exact) mass is 259 g/mol. The fraction of sp³-hybridized carbons (Fsp3) is 0.400. The molecule has 1 aromatic heterocycles. The van der Waals surface area contributed by atoms with E-state index in [4.69, 9.17) is 0 Å². The quantitative estimate of drug-likeness (QED) is 0.797. The minimum absolute atomic E-state index is 0.264. The van der Waals surface area contributed by atoms with Gasteiger partial charge < -0.3 is 10.4 Å². The zero-order chi connectivity index (χ0) is 13.5. The highest BCUT2D eigenvalue weighted by molar-refractivity contribution is 5.15. The van der Waals surface area contributed by atoms with Gasteiger partial charge in [-0.05, 0) is 12.0 Å². The standard InChI is InChI=1S/C15H21N3O/c1-2-15(19)10-16-8-14-9-17-18(12-14)11-13-6-4-3-5-7-13/h3-7,9,12,15-16,19H,2,8,10-11H2,1H3. The predicted octanol–water partition coefficient (Wildman–Crippen LogP) is 1.79. The number of nitrogens with zero attached hydrogens (tertiary/aromatic N) is 2.